The van der Waals surface area contributed by atoms with Crippen molar-refractivity contribution in [1.82, 2.24) is 15.3 Å². The number of hydrogen-bond donors (Lipinski definition) is 2. The molecule has 2 heterocycles. The molecule has 20 heavy (non-hydrogen) atoms. The van der Waals surface area contributed by atoms with Gasteiger partial charge in [-0.2, -0.15) is 0 Å². The van der Waals surface area contributed by atoms with E-state index in [-0.39, 0.29) is 24.0 Å². The number of nitrogens with zero attached hydrogens (tertiary/aromatic N) is 2. The third-order valence-corrected chi connectivity index (χ3v) is 3.50. The zero-order valence-electron chi connectivity index (χ0n) is 12.4. The summed E-state index contributed by atoms with van der Waals surface area (Å²) in [5.74, 6) is 0.673. The molecule has 2 N–H and O–H groups in total. The summed E-state index contributed by atoms with van der Waals surface area (Å²) >= 11 is 0. The lowest BCUT2D eigenvalue weighted by molar-refractivity contribution is 0.0862. The van der Waals surface area contributed by atoms with Gasteiger partial charge in [0.15, 0.2) is 5.69 Å². The predicted octanol–water partition coefficient (Wildman–Crippen LogP) is 1.55. The van der Waals surface area contributed by atoms with Crippen molar-refractivity contribution in [1.29, 1.82) is 0 Å². The molecule has 1 saturated heterocycles. The lowest BCUT2D eigenvalue weighted by atomic mass is 10.1. The van der Waals surface area contributed by atoms with E-state index in [9.17, 15) is 4.79 Å². The number of aromatic nitrogens is 2. The summed E-state index contributed by atoms with van der Waals surface area (Å²) in [7, 11) is 1.76. The summed E-state index contributed by atoms with van der Waals surface area (Å²) in [5.41, 5.74) is 1.03. The second kappa shape index (κ2) is 6.17. The molecular formula is C14H22N4O2. The number of nitrogens with one attached hydrogen (secondary N) is 2. The normalized spacial score (nSPS) is 22.1. The second-order valence-electron chi connectivity index (χ2n) is 5.34. The minimum absolute atomic E-state index is 0.0448. The number of rotatable bonds is 4. The number of carbonyl (C=O) groups is 1. The molecule has 0 saturated carbocycles. The van der Waals surface area contributed by atoms with Gasteiger partial charge in [-0.1, -0.05) is 13.8 Å². The van der Waals surface area contributed by atoms with E-state index < -0.39 is 0 Å². The van der Waals surface area contributed by atoms with Crippen molar-refractivity contribution in [3.63, 3.8) is 0 Å². The number of ether oxygens (including phenoxy) is 1. The first kappa shape index (κ1) is 14.7. The van der Waals surface area contributed by atoms with E-state index >= 15 is 0 Å². The quantitative estimate of drug-likeness (QED) is 0.874. The average Bonchev–Trinajstić information content (AvgIpc) is 2.83. The van der Waals surface area contributed by atoms with Crippen LogP contribution < -0.4 is 10.6 Å². The van der Waals surface area contributed by atoms with Gasteiger partial charge in [-0.3, -0.25) is 4.79 Å². The van der Waals surface area contributed by atoms with Gasteiger partial charge in [0.05, 0.1) is 24.0 Å². The number of amides is 1. The monoisotopic (exact) mass is 278 g/mol. The lowest BCUT2D eigenvalue weighted by Crippen LogP contribution is -2.39. The van der Waals surface area contributed by atoms with Gasteiger partial charge in [-0.25, -0.2) is 9.97 Å². The fourth-order valence-electron chi connectivity index (χ4n) is 2.19. The molecule has 6 heteroatoms. The first-order valence-corrected chi connectivity index (χ1v) is 7.00. The van der Waals surface area contributed by atoms with Crippen molar-refractivity contribution in [2.24, 2.45) is 0 Å². The highest BCUT2D eigenvalue weighted by molar-refractivity contribution is 5.97. The van der Waals surface area contributed by atoms with Gasteiger partial charge in [0.2, 0.25) is 0 Å². The zero-order valence-corrected chi connectivity index (χ0v) is 12.4. The number of carbonyl (C=O) groups excluding carboxylic acids is 1. The summed E-state index contributed by atoms with van der Waals surface area (Å²) in [6, 6.07) is 0.0460. The van der Waals surface area contributed by atoms with Crippen LogP contribution in [0, 0.1) is 0 Å². The average molecular weight is 278 g/mol. The van der Waals surface area contributed by atoms with Crippen molar-refractivity contribution in [2.75, 3.05) is 19.0 Å². The molecule has 0 spiro atoms. The summed E-state index contributed by atoms with van der Waals surface area (Å²) < 4.78 is 5.46. The molecule has 0 aliphatic carbocycles. The molecular weight excluding hydrogens is 256 g/mol. The van der Waals surface area contributed by atoms with Gasteiger partial charge in [-0.15, -0.1) is 0 Å². The van der Waals surface area contributed by atoms with Gasteiger partial charge in [-0.05, 0) is 13.3 Å². The molecule has 0 bridgehead atoms. The Balaban J connectivity index is 2.20. The Morgan fingerprint density at radius 3 is 2.80 bits per heavy atom. The van der Waals surface area contributed by atoms with Crippen molar-refractivity contribution in [2.45, 2.75) is 45.3 Å². The molecule has 110 valence electrons. The maximum Gasteiger partial charge on any atom is 0.272 e. The van der Waals surface area contributed by atoms with Crippen LogP contribution in [0.1, 0.15) is 49.4 Å². The molecule has 1 amide bonds. The minimum Gasteiger partial charge on any atom is -0.385 e. The fraction of sp³-hybridized carbons (Fsp3) is 0.643. The van der Waals surface area contributed by atoms with E-state index in [1.54, 1.807) is 13.2 Å². The van der Waals surface area contributed by atoms with Gasteiger partial charge in [0.25, 0.3) is 5.91 Å². The Kier molecular flexibility index (Phi) is 4.54. The Labute approximate surface area is 119 Å². The van der Waals surface area contributed by atoms with Crippen LogP contribution >= 0.6 is 0 Å². The van der Waals surface area contributed by atoms with Crippen LogP contribution in [0.25, 0.3) is 0 Å². The third-order valence-electron chi connectivity index (χ3n) is 3.50. The van der Waals surface area contributed by atoms with Crippen LogP contribution in [-0.4, -0.2) is 41.7 Å². The third kappa shape index (κ3) is 3.07. The van der Waals surface area contributed by atoms with Crippen LogP contribution in [0.4, 0.5) is 5.69 Å². The van der Waals surface area contributed by atoms with E-state index in [0.717, 1.165) is 6.42 Å². The smallest absolute Gasteiger partial charge is 0.272 e. The van der Waals surface area contributed by atoms with Gasteiger partial charge < -0.3 is 15.4 Å². The van der Waals surface area contributed by atoms with Crippen LogP contribution in [0.2, 0.25) is 0 Å². The zero-order chi connectivity index (χ0) is 14.7. The topological polar surface area (TPSA) is 76.1 Å². The number of hydrogen-bond acceptors (Lipinski definition) is 5. The van der Waals surface area contributed by atoms with Gasteiger partial charge in [0, 0.05) is 19.6 Å². The van der Waals surface area contributed by atoms with Crippen molar-refractivity contribution >= 4 is 11.6 Å². The summed E-state index contributed by atoms with van der Waals surface area (Å²) in [6.07, 6.45) is 2.54. The minimum atomic E-state index is -0.180. The summed E-state index contributed by atoms with van der Waals surface area (Å²) in [5, 5.41) is 5.95. The second-order valence-corrected chi connectivity index (χ2v) is 5.34. The molecule has 6 nitrogen and oxygen atoms in total. The first-order valence-electron chi connectivity index (χ1n) is 7.00. The van der Waals surface area contributed by atoms with E-state index in [1.165, 1.54) is 0 Å². The SMILES string of the molecule is CNc1cnc(C(C)C)nc1C(=O)NC1CCOC1C. The van der Waals surface area contributed by atoms with E-state index in [1.807, 2.05) is 20.8 Å². The maximum atomic E-state index is 12.4. The summed E-state index contributed by atoms with van der Waals surface area (Å²) in [4.78, 5) is 21.0. The maximum absolute atomic E-state index is 12.4. The molecule has 2 rings (SSSR count). The van der Waals surface area contributed by atoms with E-state index in [2.05, 4.69) is 20.6 Å². The highest BCUT2D eigenvalue weighted by atomic mass is 16.5. The Bertz CT molecular complexity index is 490. The van der Waals surface area contributed by atoms with E-state index in [4.69, 9.17) is 4.74 Å². The van der Waals surface area contributed by atoms with Crippen molar-refractivity contribution < 1.29 is 9.53 Å². The molecule has 2 unspecified atom stereocenters. The van der Waals surface area contributed by atoms with Crippen molar-refractivity contribution in [3.05, 3.63) is 17.7 Å². The molecule has 0 aromatic carbocycles. The fourth-order valence-corrected chi connectivity index (χ4v) is 2.19. The Morgan fingerprint density at radius 1 is 1.50 bits per heavy atom. The summed E-state index contributed by atoms with van der Waals surface area (Å²) in [6.45, 7) is 6.66. The number of anilines is 1. The molecule has 1 aromatic heterocycles. The highest BCUT2D eigenvalue weighted by Gasteiger charge is 2.27. The molecule has 1 aliphatic rings. The first-order chi connectivity index (χ1) is 9.52. The van der Waals surface area contributed by atoms with Crippen LogP contribution in [0.15, 0.2) is 6.20 Å². The Hall–Kier alpha value is -1.69. The van der Waals surface area contributed by atoms with Crippen molar-refractivity contribution in [3.8, 4) is 0 Å². The van der Waals surface area contributed by atoms with Gasteiger partial charge >= 0.3 is 0 Å². The molecule has 1 aliphatic heterocycles. The molecule has 0 radical (unpaired) electrons. The largest absolute Gasteiger partial charge is 0.385 e. The highest BCUT2D eigenvalue weighted by Crippen LogP contribution is 2.18. The molecule has 1 fully saturated rings. The van der Waals surface area contributed by atoms with Crippen LogP contribution in [-0.2, 0) is 4.74 Å². The van der Waals surface area contributed by atoms with Gasteiger partial charge in [0.1, 0.15) is 5.82 Å². The molecule has 2 atom stereocenters. The standard InChI is InChI=1S/C14H22N4O2/c1-8(2)13-16-7-11(15-4)12(18-13)14(19)17-10-5-6-20-9(10)3/h7-10,15H,5-6H2,1-4H3,(H,17,19). The lowest BCUT2D eigenvalue weighted by Gasteiger charge is -2.17. The Morgan fingerprint density at radius 2 is 2.25 bits per heavy atom. The molecule has 1 aromatic rings. The van der Waals surface area contributed by atoms with E-state index in [0.29, 0.717) is 23.8 Å². The van der Waals surface area contributed by atoms with Crippen LogP contribution in [0.5, 0.6) is 0 Å². The predicted molar refractivity (Wildman–Crippen MR) is 77.0 cm³/mol. The van der Waals surface area contributed by atoms with Crippen LogP contribution in [0.3, 0.4) is 0 Å².